The summed E-state index contributed by atoms with van der Waals surface area (Å²) in [6, 6.07) is 13.6. The molecule has 1 N–H and O–H groups in total. The van der Waals surface area contributed by atoms with Crippen LogP contribution in [0, 0.1) is 0 Å². The fourth-order valence-electron chi connectivity index (χ4n) is 4.17. The second-order valence-corrected chi connectivity index (χ2v) is 7.63. The molecule has 148 valence electrons. The van der Waals surface area contributed by atoms with Crippen LogP contribution in [0.1, 0.15) is 33.8 Å². The molecule has 1 amide bonds. The molecule has 2 aromatic heterocycles. The number of fused-ring (bicyclic) bond motifs is 2. The van der Waals surface area contributed by atoms with Crippen LogP contribution >= 0.6 is 0 Å². The number of nitrogens with one attached hydrogen (secondary N) is 1. The monoisotopic (exact) mass is 390 g/mol. The highest BCUT2D eigenvalue weighted by Crippen LogP contribution is 2.39. The number of nitrogens with zero attached hydrogens (tertiary/aromatic N) is 3. The van der Waals surface area contributed by atoms with Gasteiger partial charge in [-0.15, -0.1) is 0 Å². The van der Waals surface area contributed by atoms with Gasteiger partial charge in [-0.05, 0) is 24.1 Å². The summed E-state index contributed by atoms with van der Waals surface area (Å²) in [6.45, 7) is 2.93. The molecule has 1 saturated heterocycles. The van der Waals surface area contributed by atoms with Gasteiger partial charge in [-0.3, -0.25) is 4.79 Å². The lowest BCUT2D eigenvalue weighted by atomic mass is 9.80. The van der Waals surface area contributed by atoms with Crippen molar-refractivity contribution in [3.63, 3.8) is 0 Å². The zero-order valence-corrected chi connectivity index (χ0v) is 16.0. The minimum atomic E-state index is -0.304. The maximum absolute atomic E-state index is 12.7. The minimum absolute atomic E-state index is 0.0875. The number of rotatable bonds is 4. The predicted octanol–water partition coefficient (Wildman–Crippen LogP) is 3.00. The van der Waals surface area contributed by atoms with Crippen molar-refractivity contribution in [1.29, 1.82) is 0 Å². The molecule has 1 unspecified atom stereocenters. The van der Waals surface area contributed by atoms with Gasteiger partial charge in [0.05, 0.1) is 30.6 Å². The molecule has 2 aliphatic rings. The first kappa shape index (κ1) is 17.9. The highest BCUT2D eigenvalue weighted by atomic mass is 16.5. The Hall–Kier alpha value is -3.19. The van der Waals surface area contributed by atoms with Crippen molar-refractivity contribution in [3.8, 4) is 0 Å². The van der Waals surface area contributed by atoms with E-state index in [1.54, 1.807) is 12.1 Å². The normalized spacial score (nSPS) is 20.6. The van der Waals surface area contributed by atoms with Crippen molar-refractivity contribution in [1.82, 2.24) is 14.9 Å². The molecule has 1 aromatic carbocycles. The van der Waals surface area contributed by atoms with Crippen LogP contribution in [-0.4, -0.2) is 40.5 Å². The molecule has 3 aromatic rings. The van der Waals surface area contributed by atoms with Crippen LogP contribution in [0.3, 0.4) is 0 Å². The molecule has 1 atom stereocenters. The van der Waals surface area contributed by atoms with E-state index < -0.39 is 0 Å². The van der Waals surface area contributed by atoms with Crippen LogP contribution in [0.15, 0.2) is 59.3 Å². The third kappa shape index (κ3) is 3.38. The highest BCUT2D eigenvalue weighted by molar-refractivity contribution is 5.91. The first-order valence-corrected chi connectivity index (χ1v) is 9.78. The molecular formula is C22H22N4O3. The number of carbonyl (C=O) groups is 1. The van der Waals surface area contributed by atoms with Gasteiger partial charge in [0.25, 0.3) is 5.91 Å². The average Bonchev–Trinajstić information content (AvgIpc) is 3.44. The van der Waals surface area contributed by atoms with Gasteiger partial charge >= 0.3 is 0 Å². The molecule has 5 rings (SSSR count). The second-order valence-electron chi connectivity index (χ2n) is 7.63. The molecule has 0 radical (unpaired) electrons. The summed E-state index contributed by atoms with van der Waals surface area (Å²) in [4.78, 5) is 23.9. The van der Waals surface area contributed by atoms with Crippen molar-refractivity contribution < 1.29 is 13.9 Å². The average molecular weight is 390 g/mol. The fourth-order valence-corrected chi connectivity index (χ4v) is 4.17. The molecular weight excluding hydrogens is 368 g/mol. The largest absolute Gasteiger partial charge is 0.459 e. The van der Waals surface area contributed by atoms with Crippen LogP contribution < -0.4 is 5.32 Å². The van der Waals surface area contributed by atoms with E-state index in [1.807, 2.05) is 29.3 Å². The van der Waals surface area contributed by atoms with E-state index in [0.29, 0.717) is 44.6 Å². The Morgan fingerprint density at radius 3 is 2.93 bits per heavy atom. The Bertz CT molecular complexity index is 1010. The van der Waals surface area contributed by atoms with Crippen LogP contribution in [0.25, 0.3) is 0 Å². The number of hydrogen-bond donors (Lipinski definition) is 1. The maximum Gasteiger partial charge on any atom is 0.289 e. The highest BCUT2D eigenvalue weighted by Gasteiger charge is 2.46. The van der Waals surface area contributed by atoms with Crippen molar-refractivity contribution in [2.24, 2.45) is 0 Å². The number of amides is 1. The summed E-state index contributed by atoms with van der Waals surface area (Å²) in [5.41, 5.74) is 2.85. The Morgan fingerprint density at radius 1 is 1.21 bits per heavy atom. The van der Waals surface area contributed by atoms with Gasteiger partial charge < -0.3 is 19.4 Å². The summed E-state index contributed by atoms with van der Waals surface area (Å²) in [6.07, 6.45) is 4.17. The number of hydrogen-bond acceptors (Lipinski definition) is 6. The molecule has 4 heterocycles. The molecule has 7 nitrogen and oxygen atoms in total. The topological polar surface area (TPSA) is 80.5 Å². The van der Waals surface area contributed by atoms with E-state index in [2.05, 4.69) is 22.4 Å². The smallest absolute Gasteiger partial charge is 0.289 e. The lowest BCUT2D eigenvalue weighted by Gasteiger charge is -2.34. The molecule has 0 saturated carbocycles. The van der Waals surface area contributed by atoms with Gasteiger partial charge in [0.2, 0.25) is 5.95 Å². The Balaban J connectivity index is 1.37. The van der Waals surface area contributed by atoms with E-state index >= 15 is 0 Å². The lowest BCUT2D eigenvalue weighted by Crippen LogP contribution is -2.41. The molecule has 2 aliphatic heterocycles. The van der Waals surface area contributed by atoms with Crippen LogP contribution in [0.5, 0.6) is 0 Å². The number of carbonyl (C=O) groups excluding carboxylic acids is 1. The number of ether oxygens (including phenoxy) is 1. The Morgan fingerprint density at radius 2 is 2.10 bits per heavy atom. The van der Waals surface area contributed by atoms with Crippen molar-refractivity contribution >= 4 is 11.9 Å². The maximum atomic E-state index is 12.7. The molecule has 29 heavy (non-hydrogen) atoms. The molecule has 0 bridgehead atoms. The van der Waals surface area contributed by atoms with E-state index in [-0.39, 0.29) is 11.3 Å². The molecule has 1 spiro atoms. The zero-order valence-electron chi connectivity index (χ0n) is 16.0. The summed E-state index contributed by atoms with van der Waals surface area (Å²) in [7, 11) is 0. The quantitative estimate of drug-likeness (QED) is 0.738. The third-order valence-electron chi connectivity index (χ3n) is 5.67. The SMILES string of the molecule is O=C(c1ccco1)N1CCC2(COCc3cnc(NCc4ccccc4)nc32)C1. The third-order valence-corrected chi connectivity index (χ3v) is 5.67. The molecule has 7 heteroatoms. The van der Waals surface area contributed by atoms with Crippen molar-refractivity contribution in [2.75, 3.05) is 25.0 Å². The van der Waals surface area contributed by atoms with E-state index in [9.17, 15) is 4.79 Å². The van der Waals surface area contributed by atoms with E-state index in [1.165, 1.54) is 11.8 Å². The van der Waals surface area contributed by atoms with Gasteiger partial charge in [-0.2, -0.15) is 0 Å². The molecule has 1 fully saturated rings. The van der Waals surface area contributed by atoms with Crippen LogP contribution in [0.4, 0.5) is 5.95 Å². The van der Waals surface area contributed by atoms with Gasteiger partial charge in [-0.1, -0.05) is 30.3 Å². The first-order chi connectivity index (χ1) is 14.2. The summed E-state index contributed by atoms with van der Waals surface area (Å²) in [5.74, 6) is 0.882. The number of benzene rings is 1. The summed E-state index contributed by atoms with van der Waals surface area (Å²) >= 11 is 0. The minimum Gasteiger partial charge on any atom is -0.459 e. The Kier molecular flexibility index (Phi) is 4.52. The van der Waals surface area contributed by atoms with Crippen molar-refractivity contribution in [2.45, 2.75) is 25.0 Å². The van der Waals surface area contributed by atoms with Gasteiger partial charge in [0.15, 0.2) is 5.76 Å². The van der Waals surface area contributed by atoms with Crippen molar-refractivity contribution in [3.05, 3.63) is 77.5 Å². The number of aromatic nitrogens is 2. The zero-order chi connectivity index (χ0) is 19.7. The second kappa shape index (κ2) is 7.33. The molecule has 0 aliphatic carbocycles. The van der Waals surface area contributed by atoms with Crippen LogP contribution in [0.2, 0.25) is 0 Å². The van der Waals surface area contributed by atoms with E-state index in [0.717, 1.165) is 17.7 Å². The predicted molar refractivity (Wildman–Crippen MR) is 106 cm³/mol. The van der Waals surface area contributed by atoms with E-state index in [4.69, 9.17) is 14.1 Å². The summed E-state index contributed by atoms with van der Waals surface area (Å²) < 4.78 is 11.1. The summed E-state index contributed by atoms with van der Waals surface area (Å²) in [5, 5.41) is 3.32. The number of anilines is 1. The first-order valence-electron chi connectivity index (χ1n) is 9.78. The van der Waals surface area contributed by atoms with Crippen LogP contribution in [-0.2, 0) is 23.3 Å². The van der Waals surface area contributed by atoms with Gasteiger partial charge in [0.1, 0.15) is 0 Å². The fraction of sp³-hybridized carbons (Fsp3) is 0.318. The number of likely N-dealkylation sites (tertiary alicyclic amines) is 1. The Labute approximate surface area is 168 Å². The standard InChI is InChI=1S/C22H22N4O3/c27-20(18-7-4-10-29-18)26-9-8-22(14-26)15-28-13-17-12-24-21(25-19(17)22)23-11-16-5-2-1-3-6-16/h1-7,10,12H,8-9,11,13-15H2,(H,23,24,25). The lowest BCUT2D eigenvalue weighted by molar-refractivity contribution is 0.0479. The van der Waals surface area contributed by atoms with Gasteiger partial charge in [0, 0.05) is 31.4 Å². The van der Waals surface area contributed by atoms with Gasteiger partial charge in [-0.25, -0.2) is 9.97 Å². The number of furan rings is 1.